The van der Waals surface area contributed by atoms with Gasteiger partial charge in [-0.05, 0) is 30.1 Å². The topological polar surface area (TPSA) is 29.3 Å². The number of rotatable bonds is 6. The molecule has 2 N–H and O–H groups in total. The van der Waals surface area contributed by atoms with Crippen LogP contribution in [-0.2, 0) is 0 Å². The number of hydrogen-bond acceptors (Lipinski definition) is 2. The lowest BCUT2D eigenvalue weighted by Crippen LogP contribution is -2.65. The van der Waals surface area contributed by atoms with Gasteiger partial charge in [0, 0.05) is 25.2 Å². The van der Waals surface area contributed by atoms with E-state index in [1.165, 1.54) is 38.8 Å². The summed E-state index contributed by atoms with van der Waals surface area (Å²) in [5, 5.41) is 0. The van der Waals surface area contributed by atoms with E-state index < -0.39 is 0 Å². The summed E-state index contributed by atoms with van der Waals surface area (Å²) >= 11 is 0. The fraction of sp³-hybridized carbons (Fsp3) is 1.00. The average molecular weight is 268 g/mol. The zero-order valence-electron chi connectivity index (χ0n) is 14.1. The Balaban J connectivity index is 3.04. The van der Waals surface area contributed by atoms with Crippen molar-refractivity contribution in [3.05, 3.63) is 0 Å². The molecule has 1 aliphatic rings. The molecule has 1 fully saturated rings. The summed E-state index contributed by atoms with van der Waals surface area (Å²) in [5.74, 6) is 1.42. The van der Waals surface area contributed by atoms with Crippen LogP contribution < -0.4 is 5.73 Å². The highest BCUT2D eigenvalue weighted by Gasteiger charge is 2.49. The highest BCUT2D eigenvalue weighted by molar-refractivity contribution is 5.05. The van der Waals surface area contributed by atoms with Crippen molar-refractivity contribution >= 4 is 0 Å². The van der Waals surface area contributed by atoms with E-state index in [1.54, 1.807) is 0 Å². The van der Waals surface area contributed by atoms with Gasteiger partial charge in [0.1, 0.15) is 0 Å². The van der Waals surface area contributed by atoms with Crippen LogP contribution in [0, 0.1) is 17.3 Å². The van der Waals surface area contributed by atoms with Crippen LogP contribution in [-0.4, -0.2) is 30.1 Å². The maximum absolute atomic E-state index is 6.32. The lowest BCUT2D eigenvalue weighted by Gasteiger charge is -2.57. The Labute approximate surface area is 121 Å². The first-order chi connectivity index (χ1) is 8.75. The van der Waals surface area contributed by atoms with E-state index in [2.05, 4.69) is 46.4 Å². The van der Waals surface area contributed by atoms with Gasteiger partial charge in [-0.15, -0.1) is 0 Å². The third kappa shape index (κ3) is 3.72. The van der Waals surface area contributed by atoms with E-state index >= 15 is 0 Å². The molecule has 1 saturated carbocycles. The van der Waals surface area contributed by atoms with Crippen molar-refractivity contribution in [2.45, 2.75) is 72.8 Å². The van der Waals surface area contributed by atoms with Gasteiger partial charge in [0.05, 0.1) is 0 Å². The molecular weight excluding hydrogens is 232 g/mol. The molecule has 1 atom stereocenters. The zero-order chi connectivity index (χ0) is 14.7. The molecule has 0 aliphatic heterocycles. The molecule has 0 aromatic carbocycles. The summed E-state index contributed by atoms with van der Waals surface area (Å²) in [5.41, 5.74) is 6.87. The van der Waals surface area contributed by atoms with Crippen LogP contribution >= 0.6 is 0 Å². The minimum Gasteiger partial charge on any atom is -0.329 e. The molecule has 0 amide bonds. The molecule has 1 unspecified atom stereocenters. The standard InChI is InChI=1S/C17H36N2/c1-14(2)11-19(12-15(3)4)17(13-18)10-8-7-9-16(17,5)6/h14-15H,7-13,18H2,1-6H3. The molecule has 2 nitrogen and oxygen atoms in total. The Morgan fingerprint density at radius 3 is 1.79 bits per heavy atom. The van der Waals surface area contributed by atoms with Crippen molar-refractivity contribution in [3.63, 3.8) is 0 Å². The third-order valence-corrected chi connectivity index (χ3v) is 5.02. The van der Waals surface area contributed by atoms with Crippen molar-refractivity contribution in [2.24, 2.45) is 23.0 Å². The second kappa shape index (κ2) is 6.58. The second-order valence-electron chi connectivity index (χ2n) is 8.02. The predicted octanol–water partition coefficient (Wildman–Crippen LogP) is 3.90. The van der Waals surface area contributed by atoms with Crippen LogP contribution in [0.4, 0.5) is 0 Å². The van der Waals surface area contributed by atoms with Crippen molar-refractivity contribution in [1.29, 1.82) is 0 Å². The first-order valence-electron chi connectivity index (χ1n) is 8.20. The molecule has 19 heavy (non-hydrogen) atoms. The van der Waals surface area contributed by atoms with Crippen LogP contribution in [0.5, 0.6) is 0 Å². The van der Waals surface area contributed by atoms with Gasteiger partial charge in [-0.3, -0.25) is 4.90 Å². The summed E-state index contributed by atoms with van der Waals surface area (Å²) in [4.78, 5) is 2.74. The second-order valence-corrected chi connectivity index (χ2v) is 8.02. The van der Waals surface area contributed by atoms with Gasteiger partial charge in [-0.2, -0.15) is 0 Å². The predicted molar refractivity (Wildman–Crippen MR) is 85.3 cm³/mol. The van der Waals surface area contributed by atoms with Crippen LogP contribution in [0.3, 0.4) is 0 Å². The zero-order valence-corrected chi connectivity index (χ0v) is 14.1. The van der Waals surface area contributed by atoms with E-state index in [0.29, 0.717) is 17.3 Å². The molecule has 0 radical (unpaired) electrons. The Morgan fingerprint density at radius 1 is 0.947 bits per heavy atom. The molecule has 1 rings (SSSR count). The van der Waals surface area contributed by atoms with Crippen LogP contribution in [0.1, 0.15) is 67.2 Å². The van der Waals surface area contributed by atoms with Crippen LogP contribution in [0.15, 0.2) is 0 Å². The smallest absolute Gasteiger partial charge is 0.0382 e. The van der Waals surface area contributed by atoms with Crippen LogP contribution in [0.25, 0.3) is 0 Å². The maximum Gasteiger partial charge on any atom is 0.0382 e. The van der Waals surface area contributed by atoms with Gasteiger partial charge in [0.2, 0.25) is 0 Å². The normalized spacial score (nSPS) is 27.5. The van der Waals surface area contributed by atoms with Gasteiger partial charge in [0.25, 0.3) is 0 Å². The van der Waals surface area contributed by atoms with Gasteiger partial charge >= 0.3 is 0 Å². The average Bonchev–Trinajstić information content (AvgIpc) is 2.26. The number of nitrogens with two attached hydrogens (primary N) is 1. The summed E-state index contributed by atoms with van der Waals surface area (Å²) in [6.45, 7) is 17.3. The van der Waals surface area contributed by atoms with Crippen LogP contribution in [0.2, 0.25) is 0 Å². The first kappa shape index (κ1) is 17.0. The Bertz CT molecular complexity index is 260. The summed E-state index contributed by atoms with van der Waals surface area (Å²) in [6, 6.07) is 0. The highest BCUT2D eigenvalue weighted by Crippen LogP contribution is 2.47. The summed E-state index contributed by atoms with van der Waals surface area (Å²) < 4.78 is 0. The third-order valence-electron chi connectivity index (χ3n) is 5.02. The van der Waals surface area contributed by atoms with Crippen molar-refractivity contribution < 1.29 is 0 Å². The largest absolute Gasteiger partial charge is 0.329 e. The Kier molecular flexibility index (Phi) is 5.88. The fourth-order valence-corrected chi connectivity index (χ4v) is 3.95. The minimum absolute atomic E-state index is 0.208. The summed E-state index contributed by atoms with van der Waals surface area (Å²) in [6.07, 6.45) is 5.30. The molecule has 0 spiro atoms. The molecule has 0 aromatic rings. The van der Waals surface area contributed by atoms with E-state index in [4.69, 9.17) is 5.73 Å². The van der Waals surface area contributed by atoms with E-state index in [0.717, 1.165) is 6.54 Å². The first-order valence-corrected chi connectivity index (χ1v) is 8.20. The minimum atomic E-state index is 0.208. The van der Waals surface area contributed by atoms with Gasteiger partial charge < -0.3 is 5.73 Å². The van der Waals surface area contributed by atoms with Gasteiger partial charge in [0.15, 0.2) is 0 Å². The number of nitrogens with zero attached hydrogens (tertiary/aromatic N) is 1. The molecule has 114 valence electrons. The molecule has 1 aliphatic carbocycles. The SMILES string of the molecule is CC(C)CN(CC(C)C)C1(CN)CCCCC1(C)C. The Hall–Kier alpha value is -0.0800. The maximum atomic E-state index is 6.32. The molecule has 0 bridgehead atoms. The molecular formula is C17H36N2. The van der Waals surface area contributed by atoms with Crippen molar-refractivity contribution in [1.82, 2.24) is 4.90 Å². The molecule has 0 aromatic heterocycles. The highest BCUT2D eigenvalue weighted by atomic mass is 15.2. The van der Waals surface area contributed by atoms with Gasteiger partial charge in [-0.1, -0.05) is 54.4 Å². The van der Waals surface area contributed by atoms with E-state index in [-0.39, 0.29) is 5.54 Å². The van der Waals surface area contributed by atoms with Gasteiger partial charge in [-0.25, -0.2) is 0 Å². The lowest BCUT2D eigenvalue weighted by atomic mass is 9.62. The van der Waals surface area contributed by atoms with E-state index in [9.17, 15) is 0 Å². The monoisotopic (exact) mass is 268 g/mol. The lowest BCUT2D eigenvalue weighted by molar-refractivity contribution is -0.0549. The molecule has 2 heteroatoms. The Morgan fingerprint density at radius 2 is 1.42 bits per heavy atom. The quantitative estimate of drug-likeness (QED) is 0.791. The fourth-order valence-electron chi connectivity index (χ4n) is 3.95. The van der Waals surface area contributed by atoms with Crippen molar-refractivity contribution in [3.8, 4) is 0 Å². The summed E-state index contributed by atoms with van der Waals surface area (Å²) in [7, 11) is 0. The molecule has 0 saturated heterocycles. The molecule has 0 heterocycles. The van der Waals surface area contributed by atoms with Crippen molar-refractivity contribution in [2.75, 3.05) is 19.6 Å². The van der Waals surface area contributed by atoms with E-state index in [1.807, 2.05) is 0 Å². The number of hydrogen-bond donors (Lipinski definition) is 1.